The van der Waals surface area contributed by atoms with E-state index in [1.807, 2.05) is 11.8 Å². The van der Waals surface area contributed by atoms with Crippen molar-refractivity contribution in [1.82, 2.24) is 15.5 Å². The van der Waals surface area contributed by atoms with Crippen LogP contribution in [0, 0.1) is 0 Å². The second-order valence-corrected chi connectivity index (χ2v) is 9.07. The largest absolute Gasteiger partial charge is 0.357 e. The Balaban J connectivity index is 0.00000288. The van der Waals surface area contributed by atoms with E-state index in [0.29, 0.717) is 6.04 Å². The van der Waals surface area contributed by atoms with Gasteiger partial charge in [-0.2, -0.15) is 11.8 Å². The molecule has 1 heterocycles. The van der Waals surface area contributed by atoms with E-state index in [2.05, 4.69) is 42.6 Å². The third-order valence-electron chi connectivity index (χ3n) is 5.23. The first kappa shape index (κ1) is 22.4. The van der Waals surface area contributed by atoms with Gasteiger partial charge in [0, 0.05) is 36.5 Å². The predicted octanol–water partition coefficient (Wildman–Crippen LogP) is 3.71. The summed E-state index contributed by atoms with van der Waals surface area (Å²) in [6, 6.07) is 1.45. The number of nitrogens with zero attached hydrogens (tertiary/aromatic N) is 2. The van der Waals surface area contributed by atoms with E-state index in [0.717, 1.165) is 25.1 Å². The Labute approximate surface area is 170 Å². The Kier molecular flexibility index (Phi) is 10.4. The second-order valence-electron chi connectivity index (χ2n) is 7.55. The van der Waals surface area contributed by atoms with Crippen LogP contribution in [0.2, 0.25) is 0 Å². The average molecular weight is 468 g/mol. The molecule has 2 rings (SSSR count). The molecule has 2 aliphatic rings. The molecule has 1 saturated heterocycles. The molecule has 0 spiro atoms. The lowest BCUT2D eigenvalue weighted by Crippen LogP contribution is -2.50. The molecule has 6 heteroatoms. The lowest BCUT2D eigenvalue weighted by Gasteiger charge is -2.36. The van der Waals surface area contributed by atoms with Gasteiger partial charge in [-0.05, 0) is 52.7 Å². The number of nitrogens with one attached hydrogen (secondary N) is 2. The van der Waals surface area contributed by atoms with Gasteiger partial charge in [-0.3, -0.25) is 4.99 Å². The van der Waals surface area contributed by atoms with Crippen molar-refractivity contribution in [1.29, 1.82) is 0 Å². The molecule has 0 amide bonds. The highest BCUT2D eigenvalue weighted by Crippen LogP contribution is 2.26. The number of hydrogen-bond donors (Lipinski definition) is 2. The molecule has 0 bridgehead atoms. The van der Waals surface area contributed by atoms with Gasteiger partial charge in [0.2, 0.25) is 0 Å². The van der Waals surface area contributed by atoms with E-state index in [4.69, 9.17) is 4.99 Å². The zero-order valence-electron chi connectivity index (χ0n) is 15.9. The maximum absolute atomic E-state index is 4.81. The van der Waals surface area contributed by atoms with E-state index in [1.54, 1.807) is 0 Å². The second kappa shape index (κ2) is 11.1. The van der Waals surface area contributed by atoms with Crippen LogP contribution in [0.1, 0.15) is 59.3 Å². The van der Waals surface area contributed by atoms with Gasteiger partial charge in [-0.15, -0.1) is 24.0 Å². The normalized spacial score (nSPS) is 21.6. The monoisotopic (exact) mass is 468 g/mol. The number of thioether (sulfide) groups is 1. The standard InChI is InChI=1S/C18H36N4S.HI/c1-5-19-17(20-14-18(2,3)23-4)21-15-10-12-22(13-11-15)16-8-6-7-9-16;/h15-16H,5-14H2,1-4H3,(H2,19,20,21);1H. The number of rotatable bonds is 6. The SMILES string of the molecule is CCNC(=NCC(C)(C)SC)NC1CCN(C2CCCC2)CC1.I. The third-order valence-corrected chi connectivity index (χ3v) is 6.46. The number of likely N-dealkylation sites (tertiary alicyclic amines) is 1. The van der Waals surface area contributed by atoms with Gasteiger partial charge < -0.3 is 15.5 Å². The van der Waals surface area contributed by atoms with Gasteiger partial charge in [0.25, 0.3) is 0 Å². The third kappa shape index (κ3) is 7.28. The van der Waals surface area contributed by atoms with Crippen molar-refractivity contribution < 1.29 is 0 Å². The highest BCUT2D eigenvalue weighted by Gasteiger charge is 2.27. The molecule has 1 saturated carbocycles. The first-order valence-electron chi connectivity index (χ1n) is 9.38. The van der Waals surface area contributed by atoms with E-state index in [1.165, 1.54) is 51.6 Å². The van der Waals surface area contributed by atoms with Gasteiger partial charge in [0.05, 0.1) is 6.54 Å². The minimum atomic E-state index is 0. The number of aliphatic imine (C=N–C) groups is 1. The summed E-state index contributed by atoms with van der Waals surface area (Å²) in [4.78, 5) is 7.53. The summed E-state index contributed by atoms with van der Waals surface area (Å²) in [6.45, 7) is 10.9. The number of hydrogen-bond acceptors (Lipinski definition) is 3. The highest BCUT2D eigenvalue weighted by molar-refractivity contribution is 14.0. The molecule has 4 nitrogen and oxygen atoms in total. The number of halogens is 1. The van der Waals surface area contributed by atoms with Gasteiger partial charge in [0.1, 0.15) is 0 Å². The lowest BCUT2D eigenvalue weighted by atomic mass is 10.0. The van der Waals surface area contributed by atoms with Crippen molar-refractivity contribution in [3.05, 3.63) is 0 Å². The summed E-state index contributed by atoms with van der Waals surface area (Å²) in [6.07, 6.45) is 10.4. The molecule has 2 N–H and O–H groups in total. The van der Waals surface area contributed by atoms with E-state index in [9.17, 15) is 0 Å². The fourth-order valence-corrected chi connectivity index (χ4v) is 3.72. The van der Waals surface area contributed by atoms with Crippen LogP contribution in [0.15, 0.2) is 4.99 Å². The van der Waals surface area contributed by atoms with Crippen LogP contribution in [-0.2, 0) is 0 Å². The topological polar surface area (TPSA) is 39.7 Å². The highest BCUT2D eigenvalue weighted by atomic mass is 127. The maximum atomic E-state index is 4.81. The Morgan fingerprint density at radius 1 is 1.17 bits per heavy atom. The van der Waals surface area contributed by atoms with Crippen molar-refractivity contribution in [2.24, 2.45) is 4.99 Å². The molecule has 24 heavy (non-hydrogen) atoms. The summed E-state index contributed by atoms with van der Waals surface area (Å²) in [5.74, 6) is 0.994. The smallest absolute Gasteiger partial charge is 0.191 e. The van der Waals surface area contributed by atoms with Gasteiger partial charge in [-0.1, -0.05) is 12.8 Å². The zero-order chi connectivity index (χ0) is 16.7. The Morgan fingerprint density at radius 2 is 1.79 bits per heavy atom. The molecule has 0 unspecified atom stereocenters. The van der Waals surface area contributed by atoms with Crippen LogP contribution in [0.3, 0.4) is 0 Å². The molecule has 1 aliphatic carbocycles. The van der Waals surface area contributed by atoms with Crippen LogP contribution in [0.5, 0.6) is 0 Å². The molecule has 0 aromatic heterocycles. The van der Waals surface area contributed by atoms with E-state index < -0.39 is 0 Å². The van der Waals surface area contributed by atoms with Crippen LogP contribution in [-0.4, -0.2) is 60.1 Å². The quantitative estimate of drug-likeness (QED) is 0.354. The number of piperidine rings is 1. The minimum Gasteiger partial charge on any atom is -0.357 e. The fourth-order valence-electron chi connectivity index (χ4n) is 3.53. The van der Waals surface area contributed by atoms with E-state index in [-0.39, 0.29) is 28.7 Å². The molecule has 2 fully saturated rings. The summed E-state index contributed by atoms with van der Waals surface area (Å²) >= 11 is 1.88. The average Bonchev–Trinajstić information content (AvgIpc) is 3.08. The Morgan fingerprint density at radius 3 is 2.33 bits per heavy atom. The fraction of sp³-hybridized carbons (Fsp3) is 0.944. The lowest BCUT2D eigenvalue weighted by molar-refractivity contribution is 0.150. The van der Waals surface area contributed by atoms with Crippen molar-refractivity contribution >= 4 is 41.7 Å². The summed E-state index contributed by atoms with van der Waals surface area (Å²) in [7, 11) is 0. The van der Waals surface area contributed by atoms with Crippen LogP contribution < -0.4 is 10.6 Å². The predicted molar refractivity (Wildman–Crippen MR) is 119 cm³/mol. The Hall–Kier alpha value is 0.310. The van der Waals surface area contributed by atoms with Crippen LogP contribution in [0.25, 0.3) is 0 Å². The zero-order valence-corrected chi connectivity index (χ0v) is 19.1. The maximum Gasteiger partial charge on any atom is 0.191 e. The summed E-state index contributed by atoms with van der Waals surface area (Å²) in [5, 5.41) is 7.08. The molecule has 0 aromatic carbocycles. The molecule has 0 radical (unpaired) electrons. The molecule has 1 aliphatic heterocycles. The van der Waals surface area contributed by atoms with Crippen molar-refractivity contribution in [2.75, 3.05) is 32.4 Å². The Bertz CT molecular complexity index is 375. The van der Waals surface area contributed by atoms with E-state index >= 15 is 0 Å². The molecule has 0 aromatic rings. The van der Waals surface area contributed by atoms with Crippen molar-refractivity contribution in [3.63, 3.8) is 0 Å². The van der Waals surface area contributed by atoms with Crippen LogP contribution >= 0.6 is 35.7 Å². The first-order valence-corrected chi connectivity index (χ1v) is 10.6. The van der Waals surface area contributed by atoms with Crippen molar-refractivity contribution in [3.8, 4) is 0 Å². The molecule has 0 atom stereocenters. The molecular formula is C18H37IN4S. The van der Waals surface area contributed by atoms with Gasteiger partial charge >= 0.3 is 0 Å². The molecule has 142 valence electrons. The number of guanidine groups is 1. The first-order chi connectivity index (χ1) is 11.0. The van der Waals surface area contributed by atoms with Gasteiger partial charge in [0.15, 0.2) is 5.96 Å². The van der Waals surface area contributed by atoms with Gasteiger partial charge in [-0.25, -0.2) is 0 Å². The minimum absolute atomic E-state index is 0. The summed E-state index contributed by atoms with van der Waals surface area (Å²) < 4.78 is 0.203. The summed E-state index contributed by atoms with van der Waals surface area (Å²) in [5.41, 5.74) is 0. The van der Waals surface area contributed by atoms with Crippen molar-refractivity contribution in [2.45, 2.75) is 76.1 Å². The molecular weight excluding hydrogens is 431 g/mol. The van der Waals surface area contributed by atoms with Crippen LogP contribution in [0.4, 0.5) is 0 Å².